The van der Waals surface area contributed by atoms with Crippen LogP contribution in [0.15, 0.2) is 45.8 Å². The molecule has 2 rings (SSSR count). The molecule has 3 N–H and O–H groups in total. The van der Waals surface area contributed by atoms with Crippen molar-refractivity contribution in [2.75, 3.05) is 10.5 Å². The molecule has 0 amide bonds. The second kappa shape index (κ2) is 5.46. The quantitative estimate of drug-likeness (QED) is 0.829. The first kappa shape index (κ1) is 14.9. The summed E-state index contributed by atoms with van der Waals surface area (Å²) in [4.78, 5) is 0.264. The van der Waals surface area contributed by atoms with E-state index < -0.39 is 10.0 Å². The lowest BCUT2D eigenvalue weighted by Gasteiger charge is -2.13. The third kappa shape index (κ3) is 3.13. The van der Waals surface area contributed by atoms with E-state index in [4.69, 9.17) is 5.73 Å². The molecule has 106 valence electrons. The zero-order valence-corrected chi connectivity index (χ0v) is 13.5. The van der Waals surface area contributed by atoms with Crippen molar-refractivity contribution < 1.29 is 8.42 Å². The predicted octanol–water partition coefficient (Wildman–Crippen LogP) is 3.45. The lowest BCUT2D eigenvalue weighted by molar-refractivity contribution is 0.600. The Kier molecular flexibility index (Phi) is 4.06. The highest BCUT2D eigenvalue weighted by Gasteiger charge is 2.18. The fourth-order valence-electron chi connectivity index (χ4n) is 1.82. The molecule has 0 saturated heterocycles. The largest absolute Gasteiger partial charge is 0.397 e. The van der Waals surface area contributed by atoms with Gasteiger partial charge in [0.2, 0.25) is 0 Å². The highest BCUT2D eigenvalue weighted by molar-refractivity contribution is 9.10. The number of nitrogens with one attached hydrogen (secondary N) is 1. The van der Waals surface area contributed by atoms with Crippen LogP contribution in [0.4, 0.5) is 11.4 Å². The third-order valence-electron chi connectivity index (χ3n) is 2.89. The molecule has 0 unspecified atom stereocenters. The van der Waals surface area contributed by atoms with E-state index in [1.807, 2.05) is 13.0 Å². The zero-order chi connectivity index (χ0) is 14.9. The molecule has 6 heteroatoms. The Bertz CT molecular complexity index is 758. The van der Waals surface area contributed by atoms with E-state index in [1.54, 1.807) is 37.3 Å². The Labute approximate surface area is 127 Å². The Morgan fingerprint density at radius 1 is 1.10 bits per heavy atom. The summed E-state index contributed by atoms with van der Waals surface area (Å²) in [5.74, 6) is 0. The summed E-state index contributed by atoms with van der Waals surface area (Å²) in [6.45, 7) is 3.62. The van der Waals surface area contributed by atoms with Crippen LogP contribution in [0.2, 0.25) is 0 Å². The standard InChI is InChI=1S/C14H15BrN2O2S/c1-9-3-4-10(2)14(7-9)20(18,19)17-13-6-5-11(15)8-12(13)16/h3-8,17H,16H2,1-2H3. The molecule has 0 aliphatic carbocycles. The summed E-state index contributed by atoms with van der Waals surface area (Å²) in [5.41, 5.74) is 8.14. The summed E-state index contributed by atoms with van der Waals surface area (Å²) in [5, 5.41) is 0. The molecule has 0 bridgehead atoms. The maximum absolute atomic E-state index is 12.4. The van der Waals surface area contributed by atoms with Gasteiger partial charge in [-0.05, 0) is 49.2 Å². The number of hydrogen-bond donors (Lipinski definition) is 2. The summed E-state index contributed by atoms with van der Waals surface area (Å²) in [6, 6.07) is 10.3. The van der Waals surface area contributed by atoms with Crippen molar-refractivity contribution in [3.05, 3.63) is 52.0 Å². The average molecular weight is 355 g/mol. The summed E-state index contributed by atoms with van der Waals surface area (Å²) in [6.07, 6.45) is 0. The van der Waals surface area contributed by atoms with Crippen LogP contribution in [0.25, 0.3) is 0 Å². The Hall–Kier alpha value is -1.53. The number of nitrogen functional groups attached to an aromatic ring is 1. The smallest absolute Gasteiger partial charge is 0.262 e. The van der Waals surface area contributed by atoms with Crippen LogP contribution >= 0.6 is 15.9 Å². The zero-order valence-electron chi connectivity index (χ0n) is 11.1. The average Bonchev–Trinajstić information content (AvgIpc) is 2.35. The first-order chi connectivity index (χ1) is 9.29. The third-order valence-corrected chi connectivity index (χ3v) is 4.89. The van der Waals surface area contributed by atoms with E-state index in [0.717, 1.165) is 10.0 Å². The fraction of sp³-hybridized carbons (Fsp3) is 0.143. The SMILES string of the molecule is Cc1ccc(C)c(S(=O)(=O)Nc2ccc(Br)cc2N)c1. The molecule has 4 nitrogen and oxygen atoms in total. The molecule has 0 aliphatic heterocycles. The number of benzene rings is 2. The van der Waals surface area contributed by atoms with Crippen molar-refractivity contribution >= 4 is 37.3 Å². The van der Waals surface area contributed by atoms with Gasteiger partial charge in [-0.3, -0.25) is 4.72 Å². The molecular weight excluding hydrogens is 340 g/mol. The van der Waals surface area contributed by atoms with Crippen LogP contribution in [-0.2, 0) is 10.0 Å². The molecule has 2 aromatic rings. The van der Waals surface area contributed by atoms with Crippen LogP contribution in [0.3, 0.4) is 0 Å². The summed E-state index contributed by atoms with van der Waals surface area (Å²) >= 11 is 3.28. The number of nitrogens with two attached hydrogens (primary N) is 1. The van der Waals surface area contributed by atoms with Crippen molar-refractivity contribution in [1.82, 2.24) is 0 Å². The number of sulfonamides is 1. The number of halogens is 1. The van der Waals surface area contributed by atoms with Crippen LogP contribution in [0.5, 0.6) is 0 Å². The van der Waals surface area contributed by atoms with Gasteiger partial charge in [0.15, 0.2) is 0 Å². The molecule has 0 atom stereocenters. The number of rotatable bonds is 3. The van der Waals surface area contributed by atoms with Crippen molar-refractivity contribution in [2.24, 2.45) is 0 Å². The van der Waals surface area contributed by atoms with Gasteiger partial charge in [-0.1, -0.05) is 28.1 Å². The lowest BCUT2D eigenvalue weighted by atomic mass is 10.2. The molecule has 0 radical (unpaired) electrons. The highest BCUT2D eigenvalue weighted by atomic mass is 79.9. The maximum Gasteiger partial charge on any atom is 0.262 e. The minimum absolute atomic E-state index is 0.264. The van der Waals surface area contributed by atoms with Gasteiger partial charge in [0.1, 0.15) is 0 Å². The van der Waals surface area contributed by atoms with Crippen molar-refractivity contribution in [2.45, 2.75) is 18.7 Å². The molecule has 0 fully saturated rings. The topological polar surface area (TPSA) is 72.2 Å². The minimum atomic E-state index is -3.65. The van der Waals surface area contributed by atoms with Crippen LogP contribution in [-0.4, -0.2) is 8.42 Å². The van der Waals surface area contributed by atoms with Crippen molar-refractivity contribution in [3.8, 4) is 0 Å². The molecule has 0 aliphatic rings. The molecule has 2 aromatic carbocycles. The molecular formula is C14H15BrN2O2S. The normalized spacial score (nSPS) is 11.3. The van der Waals surface area contributed by atoms with Crippen LogP contribution < -0.4 is 10.5 Å². The van der Waals surface area contributed by atoms with E-state index >= 15 is 0 Å². The predicted molar refractivity (Wildman–Crippen MR) is 85.3 cm³/mol. The summed E-state index contributed by atoms with van der Waals surface area (Å²) < 4.78 is 28.2. The lowest BCUT2D eigenvalue weighted by Crippen LogP contribution is -2.15. The van der Waals surface area contributed by atoms with E-state index in [2.05, 4.69) is 20.7 Å². The van der Waals surface area contributed by atoms with E-state index in [-0.39, 0.29) is 4.90 Å². The van der Waals surface area contributed by atoms with Gasteiger partial charge in [0.05, 0.1) is 16.3 Å². The first-order valence-corrected chi connectivity index (χ1v) is 8.22. The number of hydrogen-bond acceptors (Lipinski definition) is 3. The Balaban J connectivity index is 2.43. The number of anilines is 2. The van der Waals surface area contributed by atoms with Crippen molar-refractivity contribution in [1.29, 1.82) is 0 Å². The second-order valence-electron chi connectivity index (χ2n) is 4.61. The molecule has 0 spiro atoms. The van der Waals surface area contributed by atoms with E-state index in [9.17, 15) is 8.42 Å². The minimum Gasteiger partial charge on any atom is -0.397 e. The van der Waals surface area contributed by atoms with Gasteiger partial charge in [0.25, 0.3) is 10.0 Å². The molecule has 0 saturated carbocycles. The van der Waals surface area contributed by atoms with Gasteiger partial charge in [-0.15, -0.1) is 0 Å². The molecule has 20 heavy (non-hydrogen) atoms. The van der Waals surface area contributed by atoms with Crippen LogP contribution in [0, 0.1) is 13.8 Å². The van der Waals surface area contributed by atoms with Gasteiger partial charge < -0.3 is 5.73 Å². The van der Waals surface area contributed by atoms with Crippen molar-refractivity contribution in [3.63, 3.8) is 0 Å². The summed E-state index contributed by atoms with van der Waals surface area (Å²) in [7, 11) is -3.65. The second-order valence-corrected chi connectivity index (χ2v) is 7.17. The molecule has 0 heterocycles. The van der Waals surface area contributed by atoms with Gasteiger partial charge in [0, 0.05) is 4.47 Å². The van der Waals surface area contributed by atoms with E-state index in [1.165, 1.54) is 0 Å². The Morgan fingerprint density at radius 3 is 2.45 bits per heavy atom. The number of aryl methyl sites for hydroxylation is 2. The van der Waals surface area contributed by atoms with Gasteiger partial charge >= 0.3 is 0 Å². The monoisotopic (exact) mass is 354 g/mol. The maximum atomic E-state index is 12.4. The van der Waals surface area contributed by atoms with E-state index in [0.29, 0.717) is 16.9 Å². The van der Waals surface area contributed by atoms with Crippen LogP contribution in [0.1, 0.15) is 11.1 Å². The molecule has 0 aromatic heterocycles. The van der Waals surface area contributed by atoms with Gasteiger partial charge in [-0.2, -0.15) is 0 Å². The highest BCUT2D eigenvalue weighted by Crippen LogP contribution is 2.26. The first-order valence-electron chi connectivity index (χ1n) is 5.95. The van der Waals surface area contributed by atoms with Gasteiger partial charge in [-0.25, -0.2) is 8.42 Å². The Morgan fingerprint density at radius 2 is 1.80 bits per heavy atom. The fourth-order valence-corrected chi connectivity index (χ4v) is 3.62.